The van der Waals surface area contributed by atoms with Crippen molar-refractivity contribution in [1.82, 2.24) is 20.2 Å². The number of hydrogen-bond acceptors (Lipinski definition) is 6. The molecule has 2 aromatic carbocycles. The third-order valence-corrected chi connectivity index (χ3v) is 5.22. The predicted molar refractivity (Wildman–Crippen MR) is 106 cm³/mol. The highest BCUT2D eigenvalue weighted by Crippen LogP contribution is 2.28. The fourth-order valence-corrected chi connectivity index (χ4v) is 3.29. The van der Waals surface area contributed by atoms with Crippen LogP contribution in [0.15, 0.2) is 47.6 Å². The number of para-hydroxylation sites is 2. The number of tetrazole rings is 1. The molecule has 0 aliphatic heterocycles. The molecule has 1 aromatic heterocycles. The van der Waals surface area contributed by atoms with Crippen molar-refractivity contribution in [3.05, 3.63) is 53.6 Å². The van der Waals surface area contributed by atoms with Gasteiger partial charge in [-0.05, 0) is 66.6 Å². The first kappa shape index (κ1) is 20.7. The number of carbonyl (C=O) groups excluding carboxylic acids is 1. The van der Waals surface area contributed by atoms with Crippen molar-refractivity contribution >= 4 is 23.4 Å². The van der Waals surface area contributed by atoms with E-state index in [1.165, 1.54) is 12.1 Å². The van der Waals surface area contributed by atoms with E-state index in [2.05, 4.69) is 25.6 Å². The van der Waals surface area contributed by atoms with Gasteiger partial charge in [-0.1, -0.05) is 30.0 Å². The molecular formula is C19H19F2N5O2S. The molecule has 0 aliphatic carbocycles. The molecule has 0 spiro atoms. The van der Waals surface area contributed by atoms with Gasteiger partial charge in [-0.3, -0.25) is 4.79 Å². The highest BCUT2D eigenvalue weighted by Gasteiger charge is 2.21. The van der Waals surface area contributed by atoms with Crippen LogP contribution >= 0.6 is 11.8 Å². The average Bonchev–Trinajstić information content (AvgIpc) is 3.13. The summed E-state index contributed by atoms with van der Waals surface area (Å²) in [6.07, 6.45) is 0. The van der Waals surface area contributed by atoms with E-state index >= 15 is 0 Å². The quantitative estimate of drug-likeness (QED) is 0.583. The number of anilines is 1. The zero-order valence-corrected chi connectivity index (χ0v) is 16.8. The molecule has 0 fully saturated rings. The zero-order valence-electron chi connectivity index (χ0n) is 16.0. The standard InChI is InChI=1S/C19H19F2N5O2S/c1-11-8-9-14(10-12(11)2)26-19(23-24-25-26)29-13(3)17(27)22-15-6-4-5-7-16(15)28-18(20)21/h4-10,13,18H,1-3H3,(H,22,27). The lowest BCUT2D eigenvalue weighted by Crippen LogP contribution is -2.23. The molecule has 29 heavy (non-hydrogen) atoms. The molecule has 0 bridgehead atoms. The van der Waals surface area contributed by atoms with E-state index in [1.807, 2.05) is 32.0 Å². The van der Waals surface area contributed by atoms with E-state index in [1.54, 1.807) is 23.7 Å². The van der Waals surface area contributed by atoms with Crippen LogP contribution in [0.2, 0.25) is 0 Å². The lowest BCUT2D eigenvalue weighted by molar-refractivity contribution is -0.115. The third kappa shape index (κ3) is 5.08. The van der Waals surface area contributed by atoms with Crippen LogP contribution in [0.1, 0.15) is 18.1 Å². The maximum atomic E-state index is 12.6. The van der Waals surface area contributed by atoms with Gasteiger partial charge < -0.3 is 10.1 Å². The summed E-state index contributed by atoms with van der Waals surface area (Å²) in [5.74, 6) is -0.497. The second kappa shape index (κ2) is 8.99. The van der Waals surface area contributed by atoms with Gasteiger partial charge >= 0.3 is 6.61 Å². The summed E-state index contributed by atoms with van der Waals surface area (Å²) >= 11 is 1.15. The lowest BCUT2D eigenvalue weighted by atomic mass is 10.1. The number of benzene rings is 2. The number of amides is 1. The molecule has 10 heteroatoms. The Hall–Kier alpha value is -3.01. The summed E-state index contributed by atoms with van der Waals surface area (Å²) in [5.41, 5.74) is 3.19. The Morgan fingerprint density at radius 2 is 1.93 bits per heavy atom. The topological polar surface area (TPSA) is 81.9 Å². The SMILES string of the molecule is Cc1ccc(-n2nnnc2SC(C)C(=O)Nc2ccccc2OC(F)F)cc1C. The molecule has 0 saturated heterocycles. The highest BCUT2D eigenvalue weighted by atomic mass is 32.2. The molecule has 0 saturated carbocycles. The van der Waals surface area contributed by atoms with Crippen molar-refractivity contribution in [3.63, 3.8) is 0 Å². The number of nitrogens with one attached hydrogen (secondary N) is 1. The summed E-state index contributed by atoms with van der Waals surface area (Å²) in [5, 5.41) is 14.1. The molecule has 1 N–H and O–H groups in total. The fourth-order valence-electron chi connectivity index (χ4n) is 2.49. The second-order valence-electron chi connectivity index (χ2n) is 6.27. The van der Waals surface area contributed by atoms with E-state index in [-0.39, 0.29) is 11.4 Å². The number of carbonyl (C=O) groups is 1. The van der Waals surface area contributed by atoms with Crippen LogP contribution in [-0.2, 0) is 4.79 Å². The molecular weight excluding hydrogens is 400 g/mol. The van der Waals surface area contributed by atoms with Crippen LogP contribution in [-0.4, -0.2) is 38.0 Å². The van der Waals surface area contributed by atoms with Crippen molar-refractivity contribution in [2.45, 2.75) is 37.8 Å². The summed E-state index contributed by atoms with van der Waals surface area (Å²) in [6.45, 7) is 2.69. The number of rotatable bonds is 7. The predicted octanol–water partition coefficient (Wildman–Crippen LogP) is 4.00. The van der Waals surface area contributed by atoms with Gasteiger partial charge in [-0.15, -0.1) is 5.10 Å². The molecule has 1 heterocycles. The molecule has 152 valence electrons. The summed E-state index contributed by atoms with van der Waals surface area (Å²) in [4.78, 5) is 12.6. The first-order chi connectivity index (χ1) is 13.8. The number of halogens is 2. The molecule has 1 unspecified atom stereocenters. The number of hydrogen-bond donors (Lipinski definition) is 1. The van der Waals surface area contributed by atoms with E-state index < -0.39 is 17.8 Å². The Kier molecular flexibility index (Phi) is 6.42. The van der Waals surface area contributed by atoms with Gasteiger partial charge in [0.05, 0.1) is 16.6 Å². The van der Waals surface area contributed by atoms with Gasteiger partial charge in [0.15, 0.2) is 0 Å². The minimum absolute atomic E-state index is 0.104. The van der Waals surface area contributed by atoms with Gasteiger partial charge in [0.25, 0.3) is 0 Å². The Labute approximate surface area is 170 Å². The van der Waals surface area contributed by atoms with Crippen molar-refractivity contribution in [2.75, 3.05) is 5.32 Å². The van der Waals surface area contributed by atoms with E-state index in [9.17, 15) is 13.6 Å². The maximum absolute atomic E-state index is 12.6. The van der Waals surface area contributed by atoms with Crippen LogP contribution < -0.4 is 10.1 Å². The van der Waals surface area contributed by atoms with Crippen molar-refractivity contribution in [3.8, 4) is 11.4 Å². The van der Waals surface area contributed by atoms with E-state index in [4.69, 9.17) is 0 Å². The number of thioether (sulfide) groups is 1. The molecule has 1 amide bonds. The Morgan fingerprint density at radius 1 is 1.17 bits per heavy atom. The summed E-state index contributed by atoms with van der Waals surface area (Å²) in [6, 6.07) is 11.8. The maximum Gasteiger partial charge on any atom is 0.387 e. The second-order valence-corrected chi connectivity index (χ2v) is 7.57. The molecule has 0 aliphatic rings. The van der Waals surface area contributed by atoms with Crippen LogP contribution in [0, 0.1) is 13.8 Å². The number of alkyl halides is 2. The Balaban J connectivity index is 1.73. The van der Waals surface area contributed by atoms with Gasteiger partial charge in [0.2, 0.25) is 11.1 Å². The fraction of sp³-hybridized carbons (Fsp3) is 0.263. The van der Waals surface area contributed by atoms with Crippen LogP contribution in [0.3, 0.4) is 0 Å². The van der Waals surface area contributed by atoms with Crippen molar-refractivity contribution in [2.24, 2.45) is 0 Å². The molecule has 3 rings (SSSR count). The van der Waals surface area contributed by atoms with Crippen molar-refractivity contribution in [1.29, 1.82) is 0 Å². The van der Waals surface area contributed by atoms with Gasteiger partial charge in [0.1, 0.15) is 5.75 Å². The Bertz CT molecular complexity index is 1010. The summed E-state index contributed by atoms with van der Waals surface area (Å²) < 4.78 is 31.1. The first-order valence-electron chi connectivity index (χ1n) is 8.72. The van der Waals surface area contributed by atoms with Gasteiger partial charge in [-0.25, -0.2) is 0 Å². The monoisotopic (exact) mass is 419 g/mol. The number of aromatic nitrogens is 4. The minimum Gasteiger partial charge on any atom is -0.433 e. The average molecular weight is 419 g/mol. The number of ether oxygens (including phenoxy) is 1. The number of aryl methyl sites for hydroxylation is 2. The first-order valence-corrected chi connectivity index (χ1v) is 9.60. The number of nitrogens with zero attached hydrogens (tertiary/aromatic N) is 4. The lowest BCUT2D eigenvalue weighted by Gasteiger charge is -2.14. The van der Waals surface area contributed by atoms with E-state index in [0.29, 0.717) is 5.16 Å². The van der Waals surface area contributed by atoms with Crippen molar-refractivity contribution < 1.29 is 18.3 Å². The smallest absolute Gasteiger partial charge is 0.387 e. The largest absolute Gasteiger partial charge is 0.433 e. The van der Waals surface area contributed by atoms with Gasteiger partial charge in [0, 0.05) is 0 Å². The van der Waals surface area contributed by atoms with Crippen LogP contribution in [0.25, 0.3) is 5.69 Å². The van der Waals surface area contributed by atoms with Gasteiger partial charge in [-0.2, -0.15) is 13.5 Å². The summed E-state index contributed by atoms with van der Waals surface area (Å²) in [7, 11) is 0. The molecule has 0 radical (unpaired) electrons. The normalized spacial score (nSPS) is 12.1. The minimum atomic E-state index is -2.98. The third-order valence-electron chi connectivity index (χ3n) is 4.19. The van der Waals surface area contributed by atoms with Crippen LogP contribution in [0.5, 0.6) is 5.75 Å². The molecule has 1 atom stereocenters. The zero-order chi connectivity index (χ0) is 21.0. The highest BCUT2D eigenvalue weighted by molar-refractivity contribution is 8.00. The Morgan fingerprint density at radius 3 is 2.66 bits per heavy atom. The molecule has 3 aromatic rings. The van der Waals surface area contributed by atoms with E-state index in [0.717, 1.165) is 28.6 Å². The molecule has 7 nitrogen and oxygen atoms in total. The van der Waals surface area contributed by atoms with Crippen LogP contribution in [0.4, 0.5) is 14.5 Å².